The van der Waals surface area contributed by atoms with Crippen molar-refractivity contribution in [3.8, 4) is 0 Å². The fourth-order valence-corrected chi connectivity index (χ4v) is 2.36. The van der Waals surface area contributed by atoms with Crippen molar-refractivity contribution in [2.24, 2.45) is 0 Å². The second-order valence-electron chi connectivity index (χ2n) is 5.04. The lowest BCUT2D eigenvalue weighted by Gasteiger charge is -2.08. The van der Waals surface area contributed by atoms with E-state index >= 15 is 0 Å². The lowest BCUT2D eigenvalue weighted by Crippen LogP contribution is -2.08. The van der Waals surface area contributed by atoms with Gasteiger partial charge >= 0.3 is 11.9 Å². The van der Waals surface area contributed by atoms with Crippen molar-refractivity contribution in [3.63, 3.8) is 0 Å². The minimum absolute atomic E-state index is 0.0158. The van der Waals surface area contributed by atoms with Gasteiger partial charge in [0.1, 0.15) is 0 Å². The normalized spacial score (nSPS) is 13.2. The molecule has 2 N–H and O–H groups in total. The molecule has 0 radical (unpaired) electrons. The van der Waals surface area contributed by atoms with Gasteiger partial charge in [0.2, 0.25) is 0 Å². The van der Waals surface area contributed by atoms with Gasteiger partial charge in [-0.05, 0) is 62.3 Å². The van der Waals surface area contributed by atoms with E-state index in [0.29, 0.717) is 17.5 Å². The SMILES string of the molecule is C1=CCCCC1.CCc1c(C)cc(C(=O)O)cc1C(=O)O. The van der Waals surface area contributed by atoms with E-state index in [1.54, 1.807) is 6.92 Å². The molecule has 4 nitrogen and oxygen atoms in total. The van der Waals surface area contributed by atoms with Gasteiger partial charge in [0, 0.05) is 0 Å². The number of hydrogen-bond acceptors (Lipinski definition) is 2. The molecule has 1 aromatic rings. The van der Waals surface area contributed by atoms with Gasteiger partial charge in [-0.15, -0.1) is 0 Å². The van der Waals surface area contributed by atoms with Gasteiger partial charge in [-0.25, -0.2) is 9.59 Å². The van der Waals surface area contributed by atoms with Crippen LogP contribution in [0.5, 0.6) is 0 Å². The Kier molecular flexibility index (Phi) is 6.66. The maximum Gasteiger partial charge on any atom is 0.335 e. The van der Waals surface area contributed by atoms with Crippen LogP contribution in [0.15, 0.2) is 24.3 Å². The number of rotatable bonds is 3. The molecule has 1 aliphatic rings. The molecule has 0 heterocycles. The summed E-state index contributed by atoms with van der Waals surface area (Å²) in [6.07, 6.45) is 10.6. The van der Waals surface area contributed by atoms with E-state index in [-0.39, 0.29) is 11.1 Å². The highest BCUT2D eigenvalue weighted by Gasteiger charge is 2.15. The minimum atomic E-state index is -1.11. The van der Waals surface area contributed by atoms with Crippen LogP contribution in [0, 0.1) is 6.92 Å². The second-order valence-corrected chi connectivity index (χ2v) is 5.04. The Labute approximate surface area is 125 Å². The first kappa shape index (κ1) is 17.0. The third-order valence-electron chi connectivity index (χ3n) is 3.46. The number of carboxylic acid groups (broad SMARTS) is 2. The van der Waals surface area contributed by atoms with Gasteiger partial charge in [-0.3, -0.25) is 0 Å². The van der Waals surface area contributed by atoms with Crippen molar-refractivity contribution in [1.29, 1.82) is 0 Å². The highest BCUT2D eigenvalue weighted by molar-refractivity contribution is 5.95. The maximum absolute atomic E-state index is 10.9. The Morgan fingerprint density at radius 2 is 1.62 bits per heavy atom. The average Bonchev–Trinajstić information content (AvgIpc) is 2.48. The fourth-order valence-electron chi connectivity index (χ4n) is 2.36. The molecule has 1 aromatic carbocycles. The van der Waals surface area contributed by atoms with Crippen LogP contribution in [0.4, 0.5) is 0 Å². The van der Waals surface area contributed by atoms with Crippen molar-refractivity contribution >= 4 is 11.9 Å². The van der Waals surface area contributed by atoms with Crippen LogP contribution in [0.25, 0.3) is 0 Å². The third-order valence-corrected chi connectivity index (χ3v) is 3.46. The number of aryl methyl sites for hydroxylation is 1. The number of benzene rings is 1. The summed E-state index contributed by atoms with van der Waals surface area (Å²) >= 11 is 0. The van der Waals surface area contributed by atoms with E-state index < -0.39 is 11.9 Å². The highest BCUT2D eigenvalue weighted by atomic mass is 16.4. The molecule has 0 saturated carbocycles. The number of carbonyl (C=O) groups is 2. The number of aromatic carboxylic acids is 2. The summed E-state index contributed by atoms with van der Waals surface area (Å²) in [6.45, 7) is 3.56. The third kappa shape index (κ3) is 5.06. The molecule has 1 aliphatic carbocycles. The molecule has 21 heavy (non-hydrogen) atoms. The zero-order valence-corrected chi connectivity index (χ0v) is 12.6. The fraction of sp³-hybridized carbons (Fsp3) is 0.412. The van der Waals surface area contributed by atoms with E-state index in [2.05, 4.69) is 12.2 Å². The van der Waals surface area contributed by atoms with Gasteiger partial charge in [0.05, 0.1) is 11.1 Å². The Balaban J connectivity index is 0.000000304. The Morgan fingerprint density at radius 3 is 1.95 bits per heavy atom. The maximum atomic E-state index is 10.9. The summed E-state index contributed by atoms with van der Waals surface area (Å²) in [5, 5.41) is 17.7. The molecule has 0 bridgehead atoms. The minimum Gasteiger partial charge on any atom is -0.478 e. The summed E-state index contributed by atoms with van der Waals surface area (Å²) in [4.78, 5) is 21.6. The van der Waals surface area contributed by atoms with Crippen molar-refractivity contribution in [2.45, 2.75) is 46.0 Å². The summed E-state index contributed by atoms with van der Waals surface area (Å²) in [6, 6.07) is 2.70. The topological polar surface area (TPSA) is 74.6 Å². The van der Waals surface area contributed by atoms with Crippen LogP contribution in [0.2, 0.25) is 0 Å². The molecule has 0 amide bonds. The zero-order valence-electron chi connectivity index (χ0n) is 12.6. The van der Waals surface area contributed by atoms with Gasteiger partial charge in [0.15, 0.2) is 0 Å². The molecular weight excluding hydrogens is 268 g/mol. The van der Waals surface area contributed by atoms with Crippen LogP contribution in [0.1, 0.15) is 64.4 Å². The number of allylic oxidation sites excluding steroid dienone is 2. The van der Waals surface area contributed by atoms with E-state index in [1.165, 1.54) is 37.8 Å². The molecule has 0 unspecified atom stereocenters. The average molecular weight is 290 g/mol. The van der Waals surface area contributed by atoms with Crippen molar-refractivity contribution in [1.82, 2.24) is 0 Å². The van der Waals surface area contributed by atoms with Crippen LogP contribution in [0.3, 0.4) is 0 Å². The first-order chi connectivity index (χ1) is 9.97. The number of hydrogen-bond donors (Lipinski definition) is 2. The Bertz CT molecular complexity index is 536. The quantitative estimate of drug-likeness (QED) is 0.823. The monoisotopic (exact) mass is 290 g/mol. The lowest BCUT2D eigenvalue weighted by molar-refractivity contribution is 0.0695. The summed E-state index contributed by atoms with van der Waals surface area (Å²) < 4.78 is 0. The van der Waals surface area contributed by atoms with Gasteiger partial charge in [-0.1, -0.05) is 19.1 Å². The molecule has 0 atom stereocenters. The van der Waals surface area contributed by atoms with Gasteiger partial charge in [0.25, 0.3) is 0 Å². The predicted octanol–water partition coefficient (Wildman–Crippen LogP) is 4.07. The predicted molar refractivity (Wildman–Crippen MR) is 82.1 cm³/mol. The molecule has 0 aliphatic heterocycles. The van der Waals surface area contributed by atoms with Crippen LogP contribution < -0.4 is 0 Å². The van der Waals surface area contributed by atoms with E-state index in [9.17, 15) is 9.59 Å². The highest BCUT2D eigenvalue weighted by Crippen LogP contribution is 2.18. The molecule has 0 fully saturated rings. The van der Waals surface area contributed by atoms with Crippen LogP contribution in [-0.2, 0) is 6.42 Å². The Morgan fingerprint density at radius 1 is 1.05 bits per heavy atom. The lowest BCUT2D eigenvalue weighted by atomic mass is 9.96. The second kappa shape index (κ2) is 8.25. The molecule has 114 valence electrons. The van der Waals surface area contributed by atoms with Crippen LogP contribution in [-0.4, -0.2) is 22.2 Å². The summed E-state index contributed by atoms with van der Waals surface area (Å²) in [5.41, 5.74) is 1.49. The summed E-state index contributed by atoms with van der Waals surface area (Å²) in [7, 11) is 0. The first-order valence-corrected chi connectivity index (χ1v) is 7.22. The van der Waals surface area contributed by atoms with Crippen molar-refractivity contribution < 1.29 is 19.8 Å². The van der Waals surface area contributed by atoms with E-state index in [1.807, 2.05) is 6.92 Å². The molecule has 0 aromatic heterocycles. The molecule has 0 spiro atoms. The largest absolute Gasteiger partial charge is 0.478 e. The zero-order chi connectivity index (χ0) is 15.8. The molecule has 2 rings (SSSR count). The van der Waals surface area contributed by atoms with Crippen LogP contribution >= 0.6 is 0 Å². The van der Waals surface area contributed by atoms with Gasteiger partial charge < -0.3 is 10.2 Å². The molecule has 4 heteroatoms. The van der Waals surface area contributed by atoms with Crippen molar-refractivity contribution in [2.75, 3.05) is 0 Å². The van der Waals surface area contributed by atoms with Gasteiger partial charge in [-0.2, -0.15) is 0 Å². The van der Waals surface area contributed by atoms with Crippen molar-refractivity contribution in [3.05, 3.63) is 46.5 Å². The smallest absolute Gasteiger partial charge is 0.335 e. The molecule has 0 saturated heterocycles. The number of carboxylic acids is 2. The standard InChI is InChI=1S/C11H12O4.C6H10/c1-3-8-6(2)4-7(10(12)13)5-9(8)11(14)15;1-2-4-6-5-3-1/h4-5H,3H2,1-2H3,(H,12,13)(H,14,15);1-2H,3-6H2. The summed E-state index contributed by atoms with van der Waals surface area (Å²) in [5.74, 6) is -2.19. The van der Waals surface area contributed by atoms with E-state index in [0.717, 1.165) is 0 Å². The van der Waals surface area contributed by atoms with E-state index in [4.69, 9.17) is 10.2 Å². The Hall–Kier alpha value is -2.10. The first-order valence-electron chi connectivity index (χ1n) is 7.22. The molecular formula is C17H22O4.